The van der Waals surface area contributed by atoms with Gasteiger partial charge in [0.1, 0.15) is 0 Å². The Morgan fingerprint density at radius 2 is 1.94 bits per heavy atom. The molecule has 0 aliphatic carbocycles. The topological polar surface area (TPSA) is 49.4 Å². The summed E-state index contributed by atoms with van der Waals surface area (Å²) < 4.78 is 26.2. The minimum absolute atomic E-state index is 0. The van der Waals surface area contributed by atoms with Gasteiger partial charge in [-0.15, -0.1) is 12.4 Å². The molecular formula is C12H27ClN2O2S. The molecular weight excluding hydrogens is 272 g/mol. The van der Waals surface area contributed by atoms with Crippen LogP contribution < -0.4 is 5.32 Å². The van der Waals surface area contributed by atoms with Crippen LogP contribution in [0, 0.1) is 5.92 Å². The lowest BCUT2D eigenvalue weighted by molar-refractivity contribution is 0.290. The van der Waals surface area contributed by atoms with Crippen LogP contribution in [-0.4, -0.2) is 44.7 Å². The predicted molar refractivity (Wildman–Crippen MR) is 78.8 cm³/mol. The van der Waals surface area contributed by atoms with Crippen LogP contribution in [0.3, 0.4) is 0 Å². The second-order valence-electron chi connectivity index (χ2n) is 4.95. The first-order valence-electron chi connectivity index (χ1n) is 6.68. The van der Waals surface area contributed by atoms with Gasteiger partial charge in [-0.25, -0.2) is 12.7 Å². The summed E-state index contributed by atoms with van der Waals surface area (Å²) >= 11 is 0. The molecule has 0 aromatic rings. The number of nitrogens with zero attached hydrogens (tertiary/aromatic N) is 1. The van der Waals surface area contributed by atoms with Gasteiger partial charge in [-0.2, -0.15) is 0 Å². The zero-order valence-corrected chi connectivity index (χ0v) is 13.3. The summed E-state index contributed by atoms with van der Waals surface area (Å²) in [6, 6.07) is 0.320. The van der Waals surface area contributed by atoms with Crippen molar-refractivity contribution in [1.82, 2.24) is 9.62 Å². The molecule has 0 saturated carbocycles. The number of hydrogen-bond donors (Lipinski definition) is 1. The van der Waals surface area contributed by atoms with Gasteiger partial charge < -0.3 is 5.32 Å². The molecule has 1 heterocycles. The third-order valence-corrected chi connectivity index (χ3v) is 5.80. The van der Waals surface area contributed by atoms with Crippen LogP contribution in [0.15, 0.2) is 0 Å². The van der Waals surface area contributed by atoms with Gasteiger partial charge in [-0.05, 0) is 25.8 Å². The van der Waals surface area contributed by atoms with E-state index in [2.05, 4.69) is 19.2 Å². The molecule has 1 saturated heterocycles. The summed E-state index contributed by atoms with van der Waals surface area (Å²) in [6.07, 6.45) is 3.93. The first-order valence-corrected chi connectivity index (χ1v) is 8.29. The predicted octanol–water partition coefficient (Wildman–Crippen LogP) is 1.86. The van der Waals surface area contributed by atoms with Crippen molar-refractivity contribution in [2.45, 2.75) is 45.6 Å². The second-order valence-corrected chi connectivity index (χ2v) is 6.96. The highest BCUT2D eigenvalue weighted by atomic mass is 35.5. The zero-order chi connectivity index (χ0) is 12.9. The van der Waals surface area contributed by atoms with Crippen LogP contribution in [0.4, 0.5) is 0 Å². The maximum Gasteiger partial charge on any atom is 0.214 e. The Bertz CT molecular complexity index is 318. The van der Waals surface area contributed by atoms with Gasteiger partial charge in [0.05, 0.1) is 5.75 Å². The summed E-state index contributed by atoms with van der Waals surface area (Å²) in [5, 5.41) is 3.18. The molecule has 1 unspecified atom stereocenters. The Balaban J connectivity index is 0.00000289. The molecule has 110 valence electrons. The molecule has 0 aromatic carbocycles. The lowest BCUT2D eigenvalue weighted by atomic mass is 10.1. The van der Waals surface area contributed by atoms with Gasteiger partial charge in [0.25, 0.3) is 0 Å². The van der Waals surface area contributed by atoms with Crippen molar-refractivity contribution < 1.29 is 8.42 Å². The average molecular weight is 299 g/mol. The Morgan fingerprint density at radius 3 is 2.44 bits per heavy atom. The van der Waals surface area contributed by atoms with Gasteiger partial charge in [-0.3, -0.25) is 0 Å². The number of sulfonamides is 1. The smallest absolute Gasteiger partial charge is 0.214 e. The summed E-state index contributed by atoms with van der Waals surface area (Å²) in [4.78, 5) is 0. The normalized spacial score (nSPS) is 21.9. The molecule has 1 fully saturated rings. The van der Waals surface area contributed by atoms with Gasteiger partial charge in [0, 0.05) is 19.1 Å². The van der Waals surface area contributed by atoms with Crippen molar-refractivity contribution in [2.24, 2.45) is 5.92 Å². The quantitative estimate of drug-likeness (QED) is 0.814. The lowest BCUT2D eigenvalue weighted by Gasteiger charge is -2.32. The molecule has 0 aromatic heterocycles. The molecule has 4 nitrogen and oxygen atoms in total. The van der Waals surface area contributed by atoms with Crippen molar-refractivity contribution in [1.29, 1.82) is 0 Å². The van der Waals surface area contributed by atoms with E-state index in [1.807, 2.05) is 7.05 Å². The van der Waals surface area contributed by atoms with Crippen LogP contribution in [0.2, 0.25) is 0 Å². The highest BCUT2D eigenvalue weighted by Gasteiger charge is 2.29. The number of nitrogens with one attached hydrogen (secondary N) is 1. The second kappa shape index (κ2) is 8.35. The van der Waals surface area contributed by atoms with E-state index in [1.165, 1.54) is 0 Å². The van der Waals surface area contributed by atoms with Crippen molar-refractivity contribution in [3.8, 4) is 0 Å². The largest absolute Gasteiger partial charge is 0.316 e. The fourth-order valence-corrected chi connectivity index (χ4v) is 4.45. The number of halogens is 1. The summed E-state index contributed by atoms with van der Waals surface area (Å²) in [7, 11) is -1.15. The fourth-order valence-electron chi connectivity index (χ4n) is 2.36. The summed E-state index contributed by atoms with van der Waals surface area (Å²) in [6.45, 7) is 5.46. The van der Waals surface area contributed by atoms with Gasteiger partial charge in [-0.1, -0.05) is 26.7 Å². The van der Waals surface area contributed by atoms with E-state index >= 15 is 0 Å². The van der Waals surface area contributed by atoms with E-state index in [1.54, 1.807) is 4.31 Å². The molecule has 0 radical (unpaired) electrons. The zero-order valence-electron chi connectivity index (χ0n) is 11.7. The van der Waals surface area contributed by atoms with Crippen LogP contribution in [-0.2, 0) is 10.0 Å². The summed E-state index contributed by atoms with van der Waals surface area (Å²) in [5.41, 5.74) is 0. The first kappa shape index (κ1) is 18.2. The van der Waals surface area contributed by atoms with E-state index in [0.29, 0.717) is 30.8 Å². The molecule has 6 heteroatoms. The Morgan fingerprint density at radius 1 is 1.33 bits per heavy atom. The maximum absolute atomic E-state index is 12.3. The van der Waals surface area contributed by atoms with Gasteiger partial charge in [0.15, 0.2) is 0 Å². The first-order chi connectivity index (χ1) is 8.03. The molecule has 1 aliphatic heterocycles. The Labute approximate surface area is 118 Å². The van der Waals surface area contributed by atoms with Crippen LogP contribution in [0.1, 0.15) is 39.5 Å². The van der Waals surface area contributed by atoms with Crippen LogP contribution in [0.25, 0.3) is 0 Å². The number of piperidine rings is 1. The molecule has 0 amide bonds. The summed E-state index contributed by atoms with van der Waals surface area (Å²) in [5.74, 6) is 0.617. The van der Waals surface area contributed by atoms with Crippen LogP contribution in [0.5, 0.6) is 0 Å². The number of hydrogen-bond acceptors (Lipinski definition) is 3. The number of rotatable bonds is 6. The monoisotopic (exact) mass is 298 g/mol. The van der Waals surface area contributed by atoms with Crippen molar-refractivity contribution >= 4 is 22.4 Å². The van der Waals surface area contributed by atoms with E-state index in [0.717, 1.165) is 25.7 Å². The maximum atomic E-state index is 12.3. The molecule has 0 bridgehead atoms. The number of likely N-dealkylation sites (N-methyl/N-ethyl adjacent to an activating group) is 1. The van der Waals surface area contributed by atoms with Crippen LogP contribution >= 0.6 is 12.4 Å². The van der Waals surface area contributed by atoms with Crippen molar-refractivity contribution in [3.05, 3.63) is 0 Å². The molecule has 1 aliphatic rings. The highest BCUT2D eigenvalue weighted by molar-refractivity contribution is 7.89. The van der Waals surface area contributed by atoms with E-state index in [9.17, 15) is 8.42 Å². The van der Waals surface area contributed by atoms with E-state index in [4.69, 9.17) is 0 Å². The fraction of sp³-hybridized carbons (Fsp3) is 1.00. The highest BCUT2D eigenvalue weighted by Crippen LogP contribution is 2.18. The van der Waals surface area contributed by atoms with Gasteiger partial charge >= 0.3 is 0 Å². The molecule has 1 N–H and O–H groups in total. The molecule has 0 spiro atoms. The molecule has 1 atom stereocenters. The standard InChI is InChI=1S/C12H26N2O2S.ClH/c1-4-11(5-2)10-17(15,16)14-8-6-7-12(9-14)13-3;/h11-13H,4-10H2,1-3H3;1H. The third kappa shape index (κ3) is 5.03. The SMILES string of the molecule is CCC(CC)CS(=O)(=O)N1CCCC(NC)C1.Cl. The van der Waals surface area contributed by atoms with E-state index < -0.39 is 10.0 Å². The Kier molecular flexibility index (Phi) is 8.43. The van der Waals surface area contributed by atoms with Crippen molar-refractivity contribution in [2.75, 3.05) is 25.9 Å². The molecule has 18 heavy (non-hydrogen) atoms. The van der Waals surface area contributed by atoms with E-state index in [-0.39, 0.29) is 12.4 Å². The average Bonchev–Trinajstić information content (AvgIpc) is 2.36. The van der Waals surface area contributed by atoms with Gasteiger partial charge in [0.2, 0.25) is 10.0 Å². The van der Waals surface area contributed by atoms with Crippen molar-refractivity contribution in [3.63, 3.8) is 0 Å². The third-order valence-electron chi connectivity index (χ3n) is 3.79. The minimum Gasteiger partial charge on any atom is -0.316 e. The Hall–Kier alpha value is 0.160. The minimum atomic E-state index is -3.06. The molecule has 1 rings (SSSR count). The lowest BCUT2D eigenvalue weighted by Crippen LogP contribution is -2.48.